The number of amides is 1. The van der Waals surface area contributed by atoms with Crippen LogP contribution in [0.2, 0.25) is 0 Å². The number of nitrogens with one attached hydrogen (secondary N) is 1. The van der Waals surface area contributed by atoms with Gasteiger partial charge in [-0.25, -0.2) is 0 Å². The first-order valence-electron chi connectivity index (χ1n) is 8.72. The van der Waals surface area contributed by atoms with Crippen molar-refractivity contribution in [2.24, 2.45) is 0 Å². The van der Waals surface area contributed by atoms with Crippen LogP contribution in [0.4, 0.5) is 0 Å². The van der Waals surface area contributed by atoms with Crippen LogP contribution < -0.4 is 5.32 Å². The van der Waals surface area contributed by atoms with E-state index < -0.39 is 12.0 Å². The number of carboxylic acid groups (broad SMARTS) is 1. The molecule has 0 heterocycles. The van der Waals surface area contributed by atoms with E-state index >= 15 is 0 Å². The van der Waals surface area contributed by atoms with Crippen molar-refractivity contribution in [3.63, 3.8) is 0 Å². The lowest BCUT2D eigenvalue weighted by Gasteiger charge is -2.08. The van der Waals surface area contributed by atoms with Crippen LogP contribution in [0.15, 0.2) is 30.3 Å². The third-order valence-electron chi connectivity index (χ3n) is 3.87. The van der Waals surface area contributed by atoms with Crippen molar-refractivity contribution in [1.29, 1.82) is 5.26 Å². The van der Waals surface area contributed by atoms with Crippen molar-refractivity contribution < 1.29 is 14.7 Å². The highest BCUT2D eigenvalue weighted by atomic mass is 16.4. The first kappa shape index (κ1) is 20.4. The second-order valence-corrected chi connectivity index (χ2v) is 6.07. The van der Waals surface area contributed by atoms with E-state index in [9.17, 15) is 9.59 Å². The van der Waals surface area contributed by atoms with Gasteiger partial charge in [0.1, 0.15) is 6.04 Å². The summed E-state index contributed by atoms with van der Waals surface area (Å²) >= 11 is 0. The quantitative estimate of drug-likeness (QED) is 0.597. The molecule has 0 fully saturated rings. The fraction of sp³-hybridized carbons (Fsp3) is 0.450. The molecule has 0 bridgehead atoms. The highest BCUT2D eigenvalue weighted by Crippen LogP contribution is 2.10. The third kappa shape index (κ3) is 9.31. The Balaban J connectivity index is 2.03. The molecule has 2 N–H and O–H groups in total. The van der Waals surface area contributed by atoms with Crippen LogP contribution in [-0.2, 0) is 9.59 Å². The van der Waals surface area contributed by atoms with E-state index in [2.05, 4.69) is 23.5 Å². The molecule has 1 aromatic rings. The fourth-order valence-corrected chi connectivity index (χ4v) is 2.34. The Morgan fingerprint density at radius 1 is 1.16 bits per heavy atom. The molecule has 1 rings (SSSR count). The molecule has 0 aromatic heterocycles. The van der Waals surface area contributed by atoms with Crippen molar-refractivity contribution in [1.82, 2.24) is 5.32 Å². The monoisotopic (exact) mass is 342 g/mol. The van der Waals surface area contributed by atoms with E-state index in [-0.39, 0.29) is 5.91 Å². The van der Waals surface area contributed by atoms with Gasteiger partial charge in [-0.3, -0.25) is 9.59 Å². The van der Waals surface area contributed by atoms with Crippen LogP contribution in [0.5, 0.6) is 0 Å². The summed E-state index contributed by atoms with van der Waals surface area (Å²) in [6.07, 6.45) is 10.7. The Labute approximate surface area is 149 Å². The van der Waals surface area contributed by atoms with Gasteiger partial charge >= 0.3 is 5.97 Å². The second-order valence-electron chi connectivity index (χ2n) is 6.07. The smallest absolute Gasteiger partial charge is 0.325 e. The number of nitrogens with zero attached hydrogens (tertiary/aromatic N) is 1. The normalized spacial score (nSPS) is 11.8. The standard InChI is InChI=1S/C20H26N2O3/c1-16(20(24)25)22-19(23)10-8-6-4-2-3-5-7-9-17-11-13-18(15-21)14-12-17/h7,9,11-14,16H,2-6,8,10H2,1H3,(H,22,23)(H,24,25). The lowest BCUT2D eigenvalue weighted by atomic mass is 10.1. The molecule has 5 heteroatoms. The summed E-state index contributed by atoms with van der Waals surface area (Å²) in [5.41, 5.74) is 1.77. The summed E-state index contributed by atoms with van der Waals surface area (Å²) in [7, 11) is 0. The predicted octanol–water partition coefficient (Wildman–Crippen LogP) is 3.89. The number of aliphatic carboxylic acids is 1. The van der Waals surface area contributed by atoms with Gasteiger partial charge in [0, 0.05) is 6.42 Å². The first-order chi connectivity index (χ1) is 12.0. The molecule has 0 saturated heterocycles. The molecule has 1 unspecified atom stereocenters. The minimum Gasteiger partial charge on any atom is -0.480 e. The fourth-order valence-electron chi connectivity index (χ4n) is 2.34. The number of benzene rings is 1. The summed E-state index contributed by atoms with van der Waals surface area (Å²) < 4.78 is 0. The molecular weight excluding hydrogens is 316 g/mol. The van der Waals surface area contributed by atoms with Crippen LogP contribution in [-0.4, -0.2) is 23.0 Å². The third-order valence-corrected chi connectivity index (χ3v) is 3.87. The van der Waals surface area contributed by atoms with Crippen molar-refractivity contribution >= 4 is 18.0 Å². The number of carboxylic acids is 1. The lowest BCUT2D eigenvalue weighted by molar-refractivity contribution is -0.141. The molecule has 5 nitrogen and oxygen atoms in total. The molecule has 0 aliphatic carbocycles. The van der Waals surface area contributed by atoms with Gasteiger partial charge in [-0.1, -0.05) is 43.5 Å². The number of nitriles is 1. The largest absolute Gasteiger partial charge is 0.480 e. The number of unbranched alkanes of at least 4 members (excludes halogenated alkanes) is 5. The van der Waals surface area contributed by atoms with E-state index in [1.54, 1.807) is 0 Å². The van der Waals surface area contributed by atoms with Gasteiger partial charge < -0.3 is 10.4 Å². The maximum atomic E-state index is 11.5. The molecule has 0 radical (unpaired) electrons. The number of allylic oxidation sites excluding steroid dienone is 1. The van der Waals surface area contributed by atoms with E-state index in [4.69, 9.17) is 10.4 Å². The van der Waals surface area contributed by atoms with Crippen molar-refractivity contribution in [3.05, 3.63) is 41.5 Å². The topological polar surface area (TPSA) is 90.2 Å². The van der Waals surface area contributed by atoms with E-state index in [0.29, 0.717) is 12.0 Å². The van der Waals surface area contributed by atoms with Crippen molar-refractivity contribution in [3.8, 4) is 6.07 Å². The van der Waals surface area contributed by atoms with Crippen LogP contribution in [0.25, 0.3) is 6.08 Å². The average Bonchev–Trinajstić information content (AvgIpc) is 2.60. The summed E-state index contributed by atoms with van der Waals surface area (Å²) in [5.74, 6) is -1.21. The number of hydrogen-bond acceptors (Lipinski definition) is 3. The highest BCUT2D eigenvalue weighted by Gasteiger charge is 2.12. The SMILES string of the molecule is CC(NC(=O)CCCCCCCC=Cc1ccc(C#N)cc1)C(=O)O. The number of carbonyl (C=O) groups is 2. The Hall–Kier alpha value is -2.61. The van der Waals surface area contributed by atoms with Crippen LogP contribution in [0.1, 0.15) is 63.0 Å². The highest BCUT2D eigenvalue weighted by molar-refractivity contribution is 5.83. The molecule has 1 amide bonds. The summed E-state index contributed by atoms with van der Waals surface area (Å²) in [6.45, 7) is 1.46. The zero-order valence-electron chi connectivity index (χ0n) is 14.7. The minimum atomic E-state index is -1.01. The van der Waals surface area contributed by atoms with Gasteiger partial charge in [0.2, 0.25) is 5.91 Å². The summed E-state index contributed by atoms with van der Waals surface area (Å²) in [6, 6.07) is 8.77. The van der Waals surface area contributed by atoms with Crippen LogP contribution >= 0.6 is 0 Å². The summed E-state index contributed by atoms with van der Waals surface area (Å²) in [4.78, 5) is 22.1. The van der Waals surface area contributed by atoms with E-state index in [1.807, 2.05) is 24.3 Å². The maximum Gasteiger partial charge on any atom is 0.325 e. The predicted molar refractivity (Wildman–Crippen MR) is 97.8 cm³/mol. The Kier molecular flexibility index (Phi) is 9.69. The molecule has 134 valence electrons. The van der Waals surface area contributed by atoms with Gasteiger partial charge in [0.25, 0.3) is 0 Å². The summed E-state index contributed by atoms with van der Waals surface area (Å²) in [5, 5.41) is 19.9. The number of rotatable bonds is 11. The molecule has 1 aromatic carbocycles. The maximum absolute atomic E-state index is 11.5. The van der Waals surface area contributed by atoms with E-state index in [1.165, 1.54) is 6.92 Å². The Morgan fingerprint density at radius 2 is 1.80 bits per heavy atom. The van der Waals surface area contributed by atoms with Gasteiger partial charge in [-0.05, 0) is 43.9 Å². The molecule has 0 spiro atoms. The first-order valence-corrected chi connectivity index (χ1v) is 8.72. The zero-order chi connectivity index (χ0) is 18.5. The zero-order valence-corrected chi connectivity index (χ0v) is 14.7. The van der Waals surface area contributed by atoms with Gasteiger partial charge in [0.05, 0.1) is 11.6 Å². The van der Waals surface area contributed by atoms with E-state index in [0.717, 1.165) is 44.1 Å². The minimum absolute atomic E-state index is 0.194. The van der Waals surface area contributed by atoms with Crippen molar-refractivity contribution in [2.75, 3.05) is 0 Å². The number of hydrogen-bond donors (Lipinski definition) is 2. The second kappa shape index (κ2) is 11.9. The molecule has 0 aliphatic heterocycles. The molecule has 1 atom stereocenters. The van der Waals surface area contributed by atoms with Gasteiger partial charge in [-0.15, -0.1) is 0 Å². The lowest BCUT2D eigenvalue weighted by Crippen LogP contribution is -2.38. The van der Waals surface area contributed by atoms with Gasteiger partial charge in [0.15, 0.2) is 0 Å². The Bertz CT molecular complexity index is 615. The van der Waals surface area contributed by atoms with Crippen LogP contribution in [0.3, 0.4) is 0 Å². The van der Waals surface area contributed by atoms with Crippen LogP contribution in [0, 0.1) is 11.3 Å². The molecule has 0 aliphatic rings. The number of carbonyl (C=O) groups excluding carboxylic acids is 1. The Morgan fingerprint density at radius 3 is 2.44 bits per heavy atom. The molecular formula is C20H26N2O3. The van der Waals surface area contributed by atoms with Gasteiger partial charge in [-0.2, -0.15) is 5.26 Å². The average molecular weight is 342 g/mol. The molecule has 25 heavy (non-hydrogen) atoms. The molecule has 0 saturated carbocycles. The van der Waals surface area contributed by atoms with Crippen molar-refractivity contribution in [2.45, 2.75) is 57.9 Å².